The van der Waals surface area contributed by atoms with E-state index in [1.54, 1.807) is 36.4 Å². The molecule has 3 rings (SSSR count). The summed E-state index contributed by atoms with van der Waals surface area (Å²) < 4.78 is 1.71. The van der Waals surface area contributed by atoms with Crippen molar-refractivity contribution in [3.8, 4) is 11.8 Å². The van der Waals surface area contributed by atoms with Gasteiger partial charge in [0.05, 0.1) is 15.1 Å². The summed E-state index contributed by atoms with van der Waals surface area (Å²) in [5.41, 5.74) is 0.229. The Morgan fingerprint density at radius 3 is 2.59 bits per heavy atom. The molecule has 9 heteroatoms. The second kappa shape index (κ2) is 8.33. The van der Waals surface area contributed by atoms with Crippen LogP contribution in [0.5, 0.6) is 0 Å². The maximum absolute atomic E-state index is 13.1. The molecule has 0 radical (unpaired) electrons. The zero-order chi connectivity index (χ0) is 21.0. The highest BCUT2D eigenvalue weighted by atomic mass is 32.1. The van der Waals surface area contributed by atoms with E-state index < -0.39 is 16.4 Å². The summed E-state index contributed by atoms with van der Waals surface area (Å²) in [4.78, 5) is 35.7. The number of nitro benzene ring substituents is 1. The molecule has 0 fully saturated rings. The van der Waals surface area contributed by atoms with Gasteiger partial charge < -0.3 is 5.32 Å². The third-order valence-corrected chi connectivity index (χ3v) is 5.09. The van der Waals surface area contributed by atoms with E-state index in [9.17, 15) is 25.0 Å². The van der Waals surface area contributed by atoms with Gasteiger partial charge in [-0.1, -0.05) is 30.3 Å². The summed E-state index contributed by atoms with van der Waals surface area (Å²) in [5, 5.41) is 22.9. The number of hydrogen-bond donors (Lipinski definition) is 1. The lowest BCUT2D eigenvalue weighted by Gasteiger charge is -2.02. The minimum Gasteiger partial charge on any atom is -0.354 e. The van der Waals surface area contributed by atoms with E-state index in [0.717, 1.165) is 11.3 Å². The van der Waals surface area contributed by atoms with E-state index in [1.165, 1.54) is 35.9 Å². The number of thiazole rings is 1. The first-order chi connectivity index (χ1) is 14.0. The van der Waals surface area contributed by atoms with Crippen molar-refractivity contribution in [2.24, 2.45) is 0 Å². The molecular formula is C20H14N4O4S. The first-order valence-electron chi connectivity index (χ1n) is 8.36. The van der Waals surface area contributed by atoms with Crippen molar-refractivity contribution in [3.63, 3.8) is 0 Å². The van der Waals surface area contributed by atoms with Crippen LogP contribution in [0.25, 0.3) is 17.3 Å². The van der Waals surface area contributed by atoms with Crippen molar-refractivity contribution in [3.05, 3.63) is 89.8 Å². The van der Waals surface area contributed by atoms with Gasteiger partial charge in [-0.05, 0) is 23.8 Å². The molecule has 0 bridgehead atoms. The van der Waals surface area contributed by atoms with Gasteiger partial charge >= 0.3 is 0 Å². The fraction of sp³-hybridized carbons (Fsp3) is 0.0500. The Hall–Kier alpha value is -4.03. The molecule has 0 aliphatic heterocycles. The zero-order valence-electron chi connectivity index (χ0n) is 15.2. The molecule has 0 aliphatic rings. The largest absolute Gasteiger partial charge is 0.354 e. The number of carbonyl (C=O) groups is 1. The Balaban J connectivity index is 2.38. The predicted octanol–water partition coefficient (Wildman–Crippen LogP) is 1.06. The molecule has 0 spiro atoms. The van der Waals surface area contributed by atoms with E-state index in [2.05, 4.69) is 5.32 Å². The SMILES string of the molecule is CNC(=O)C(C#N)=c1sc(=Cc2cccc([N+](=O)[O-])c2)c(=O)n1-c1ccccc1. The molecule has 0 saturated carbocycles. The van der Waals surface area contributed by atoms with Crippen LogP contribution in [-0.4, -0.2) is 22.4 Å². The summed E-state index contributed by atoms with van der Waals surface area (Å²) in [6.45, 7) is 0. The van der Waals surface area contributed by atoms with E-state index >= 15 is 0 Å². The maximum Gasteiger partial charge on any atom is 0.273 e. The average Bonchev–Trinajstić information content (AvgIpc) is 3.05. The fourth-order valence-corrected chi connectivity index (χ4v) is 3.76. The van der Waals surface area contributed by atoms with Crippen LogP contribution < -0.4 is 20.1 Å². The smallest absolute Gasteiger partial charge is 0.273 e. The molecule has 144 valence electrons. The molecule has 0 atom stereocenters. The lowest BCUT2D eigenvalue weighted by Crippen LogP contribution is -2.33. The van der Waals surface area contributed by atoms with Gasteiger partial charge in [0.25, 0.3) is 17.2 Å². The summed E-state index contributed by atoms with van der Waals surface area (Å²) >= 11 is 0.971. The van der Waals surface area contributed by atoms with Gasteiger partial charge in [-0.15, -0.1) is 11.3 Å². The van der Waals surface area contributed by atoms with Crippen LogP contribution in [0.2, 0.25) is 0 Å². The number of nitrogens with one attached hydrogen (secondary N) is 1. The molecule has 29 heavy (non-hydrogen) atoms. The molecule has 0 saturated heterocycles. The van der Waals surface area contributed by atoms with E-state index in [-0.39, 0.29) is 20.5 Å². The normalized spacial score (nSPS) is 12.2. The molecule has 1 aromatic heterocycles. The minimum absolute atomic E-state index is 0.103. The molecule has 2 aromatic carbocycles. The van der Waals surface area contributed by atoms with Gasteiger partial charge in [0.2, 0.25) is 0 Å². The van der Waals surface area contributed by atoms with Crippen molar-refractivity contribution < 1.29 is 9.72 Å². The van der Waals surface area contributed by atoms with Gasteiger partial charge in [-0.25, -0.2) is 0 Å². The number of carbonyl (C=O) groups excluding carboxylic acids is 1. The van der Waals surface area contributed by atoms with Gasteiger partial charge in [0.1, 0.15) is 10.7 Å². The van der Waals surface area contributed by atoms with Crippen LogP contribution in [0.15, 0.2) is 59.4 Å². The number of nitrogens with zero attached hydrogens (tertiary/aromatic N) is 3. The highest BCUT2D eigenvalue weighted by molar-refractivity contribution is 7.07. The number of amides is 1. The van der Waals surface area contributed by atoms with Crippen LogP contribution in [0.1, 0.15) is 5.56 Å². The number of hydrogen-bond acceptors (Lipinski definition) is 6. The van der Waals surface area contributed by atoms with Gasteiger partial charge in [-0.2, -0.15) is 5.26 Å². The minimum atomic E-state index is -0.611. The number of nitriles is 1. The third-order valence-electron chi connectivity index (χ3n) is 4.00. The fourth-order valence-electron chi connectivity index (χ4n) is 2.66. The number of aromatic nitrogens is 1. The molecule has 0 aliphatic carbocycles. The third kappa shape index (κ3) is 3.97. The van der Waals surface area contributed by atoms with Crippen LogP contribution >= 0.6 is 11.3 Å². The standard InChI is InChI=1S/C20H14N4O4S/c1-22-18(25)16(12-21)20-23(14-7-3-2-4-8-14)19(26)17(29-20)11-13-6-5-9-15(10-13)24(27)28/h2-11H,1H3,(H,22,25). The molecular weight excluding hydrogens is 392 g/mol. The Bertz CT molecular complexity index is 1320. The number of non-ortho nitro benzene ring substituents is 1. The van der Waals surface area contributed by atoms with Gasteiger partial charge in [0, 0.05) is 19.2 Å². The quantitative estimate of drug-likeness (QED) is 0.513. The molecule has 1 N–H and O–H groups in total. The summed E-state index contributed by atoms with van der Waals surface area (Å²) in [6.07, 6.45) is 1.50. The first-order valence-corrected chi connectivity index (χ1v) is 9.18. The zero-order valence-corrected chi connectivity index (χ0v) is 16.0. The Morgan fingerprint density at radius 2 is 1.97 bits per heavy atom. The molecule has 1 heterocycles. The average molecular weight is 406 g/mol. The van der Waals surface area contributed by atoms with Crippen molar-refractivity contribution in [2.75, 3.05) is 7.05 Å². The van der Waals surface area contributed by atoms with Gasteiger partial charge in [0.15, 0.2) is 5.57 Å². The molecule has 3 aromatic rings. The van der Waals surface area contributed by atoms with E-state index in [1.807, 2.05) is 6.07 Å². The lowest BCUT2D eigenvalue weighted by atomic mass is 10.2. The van der Waals surface area contributed by atoms with Crippen LogP contribution in [0.3, 0.4) is 0 Å². The van der Waals surface area contributed by atoms with E-state index in [4.69, 9.17) is 0 Å². The Kier molecular flexibility index (Phi) is 5.66. The number of rotatable bonds is 4. The first kappa shape index (κ1) is 19.7. The van der Waals surface area contributed by atoms with Crippen LogP contribution in [-0.2, 0) is 4.79 Å². The topological polar surface area (TPSA) is 118 Å². The number of nitro groups is 1. The second-order valence-corrected chi connectivity index (χ2v) is 6.84. The Labute approximate surface area is 168 Å². The monoisotopic (exact) mass is 406 g/mol. The van der Waals surface area contributed by atoms with Crippen molar-refractivity contribution in [2.45, 2.75) is 0 Å². The molecule has 1 amide bonds. The van der Waals surface area contributed by atoms with Crippen LogP contribution in [0.4, 0.5) is 5.69 Å². The van der Waals surface area contributed by atoms with Crippen molar-refractivity contribution in [1.82, 2.24) is 9.88 Å². The molecule has 0 unspecified atom stereocenters. The lowest BCUT2D eigenvalue weighted by molar-refractivity contribution is -0.384. The maximum atomic E-state index is 13.1. The van der Waals surface area contributed by atoms with Crippen LogP contribution in [0, 0.1) is 21.4 Å². The summed E-state index contributed by atoms with van der Waals surface area (Å²) in [5.74, 6) is -0.611. The second-order valence-electron chi connectivity index (χ2n) is 5.81. The van der Waals surface area contributed by atoms with Crippen molar-refractivity contribution >= 4 is 34.6 Å². The van der Waals surface area contributed by atoms with Gasteiger partial charge in [-0.3, -0.25) is 24.3 Å². The number of para-hydroxylation sites is 1. The number of benzene rings is 2. The van der Waals surface area contributed by atoms with E-state index in [0.29, 0.717) is 11.3 Å². The predicted molar refractivity (Wildman–Crippen MR) is 109 cm³/mol. The highest BCUT2D eigenvalue weighted by Crippen LogP contribution is 2.13. The summed E-state index contributed by atoms with van der Waals surface area (Å²) in [6, 6.07) is 16.3. The Morgan fingerprint density at radius 1 is 1.24 bits per heavy atom. The molecule has 8 nitrogen and oxygen atoms in total. The highest BCUT2D eigenvalue weighted by Gasteiger charge is 2.16. The summed E-state index contributed by atoms with van der Waals surface area (Å²) in [7, 11) is 1.40. The van der Waals surface area contributed by atoms with Crippen molar-refractivity contribution in [1.29, 1.82) is 5.26 Å².